The third kappa shape index (κ3) is 3.53. The van der Waals surface area contributed by atoms with Gasteiger partial charge in [0, 0.05) is 23.6 Å². The molecule has 0 spiro atoms. The number of likely N-dealkylation sites (tertiary alicyclic amines) is 1. The van der Waals surface area contributed by atoms with E-state index in [1.54, 1.807) is 6.92 Å². The van der Waals surface area contributed by atoms with Gasteiger partial charge in [-0.1, -0.05) is 28.1 Å². The Morgan fingerprint density at radius 1 is 1.36 bits per heavy atom. The van der Waals surface area contributed by atoms with Crippen molar-refractivity contribution < 1.29 is 4.79 Å². The van der Waals surface area contributed by atoms with E-state index in [1.807, 2.05) is 24.3 Å². The van der Waals surface area contributed by atoms with Crippen LogP contribution in [0, 0.1) is 5.92 Å². The zero-order valence-electron chi connectivity index (χ0n) is 13.0. The van der Waals surface area contributed by atoms with Crippen LogP contribution in [0.4, 0.5) is 0 Å². The Labute approximate surface area is 140 Å². The van der Waals surface area contributed by atoms with Gasteiger partial charge in [0.2, 0.25) is 5.91 Å². The van der Waals surface area contributed by atoms with Crippen LogP contribution in [0.1, 0.15) is 31.7 Å². The van der Waals surface area contributed by atoms with Gasteiger partial charge in [-0.05, 0) is 56.3 Å². The normalized spacial score (nSPS) is 25.0. The number of halogens is 1. The lowest BCUT2D eigenvalue weighted by Gasteiger charge is -2.25. The van der Waals surface area contributed by atoms with Crippen LogP contribution in [0.5, 0.6) is 0 Å². The second-order valence-corrected chi connectivity index (χ2v) is 7.72. The van der Waals surface area contributed by atoms with Crippen molar-refractivity contribution in [3.8, 4) is 0 Å². The Balaban J connectivity index is 1.53. The minimum absolute atomic E-state index is 0.0975. The molecule has 0 radical (unpaired) electrons. The van der Waals surface area contributed by atoms with Crippen molar-refractivity contribution in [3.05, 3.63) is 34.3 Å². The first kappa shape index (κ1) is 16.0. The first-order valence-electron chi connectivity index (χ1n) is 8.04. The summed E-state index contributed by atoms with van der Waals surface area (Å²) in [4.78, 5) is 15.0. The van der Waals surface area contributed by atoms with Gasteiger partial charge in [0.05, 0.1) is 0 Å². The number of rotatable bonds is 5. The maximum Gasteiger partial charge on any atom is 0.244 e. The van der Waals surface area contributed by atoms with Crippen molar-refractivity contribution in [3.63, 3.8) is 0 Å². The zero-order chi connectivity index (χ0) is 15.7. The van der Waals surface area contributed by atoms with Gasteiger partial charge in [-0.15, -0.1) is 0 Å². The van der Waals surface area contributed by atoms with Crippen molar-refractivity contribution in [2.75, 3.05) is 19.6 Å². The number of nitrogens with one attached hydrogen (secondary N) is 1. The quantitative estimate of drug-likeness (QED) is 0.840. The monoisotopic (exact) mass is 365 g/mol. The summed E-state index contributed by atoms with van der Waals surface area (Å²) in [7, 11) is 0. The Hall–Kier alpha value is -0.910. The van der Waals surface area contributed by atoms with Crippen molar-refractivity contribution in [2.45, 2.75) is 37.8 Å². The van der Waals surface area contributed by atoms with Crippen molar-refractivity contribution in [2.24, 2.45) is 11.7 Å². The van der Waals surface area contributed by atoms with Crippen molar-refractivity contribution in [1.82, 2.24) is 10.2 Å². The molecule has 5 heteroatoms. The molecule has 1 heterocycles. The number of nitrogens with zero attached hydrogens (tertiary/aromatic N) is 1. The van der Waals surface area contributed by atoms with Gasteiger partial charge in [-0.2, -0.15) is 0 Å². The summed E-state index contributed by atoms with van der Waals surface area (Å²) in [5.74, 6) is 0.463. The average molecular weight is 366 g/mol. The van der Waals surface area contributed by atoms with Gasteiger partial charge in [-0.3, -0.25) is 4.79 Å². The van der Waals surface area contributed by atoms with Gasteiger partial charge >= 0.3 is 0 Å². The molecular formula is C17H24BrN3O. The average Bonchev–Trinajstić information content (AvgIpc) is 3.24. The molecule has 1 aliphatic carbocycles. The van der Waals surface area contributed by atoms with E-state index in [9.17, 15) is 4.79 Å². The highest BCUT2D eigenvalue weighted by molar-refractivity contribution is 9.10. The van der Waals surface area contributed by atoms with Gasteiger partial charge in [0.25, 0.3) is 0 Å². The minimum Gasteiger partial charge on any atom is -0.354 e. The molecule has 120 valence electrons. The number of carbonyl (C=O) groups excluding carboxylic acids is 1. The summed E-state index contributed by atoms with van der Waals surface area (Å²) >= 11 is 3.40. The van der Waals surface area contributed by atoms with Gasteiger partial charge in [0.1, 0.15) is 5.54 Å². The molecule has 1 aliphatic heterocycles. The van der Waals surface area contributed by atoms with E-state index >= 15 is 0 Å². The lowest BCUT2D eigenvalue weighted by molar-refractivity contribution is -0.126. The Kier molecular flexibility index (Phi) is 4.57. The van der Waals surface area contributed by atoms with E-state index in [0.29, 0.717) is 5.92 Å². The Morgan fingerprint density at radius 2 is 2.05 bits per heavy atom. The number of nitrogens with two attached hydrogens (primary N) is 1. The molecule has 2 fully saturated rings. The maximum absolute atomic E-state index is 12.5. The van der Waals surface area contributed by atoms with Crippen LogP contribution in [0.2, 0.25) is 0 Å². The fourth-order valence-electron chi connectivity index (χ4n) is 3.15. The third-order valence-electron chi connectivity index (χ3n) is 4.85. The second kappa shape index (κ2) is 6.30. The molecule has 1 aromatic carbocycles. The number of hydrogen-bond donors (Lipinski definition) is 2. The van der Waals surface area contributed by atoms with Crippen LogP contribution >= 0.6 is 15.9 Å². The molecule has 0 aromatic heterocycles. The molecule has 1 saturated carbocycles. The van der Waals surface area contributed by atoms with E-state index in [-0.39, 0.29) is 5.91 Å². The minimum atomic E-state index is -0.991. The molecule has 1 amide bonds. The van der Waals surface area contributed by atoms with Crippen LogP contribution in [0.3, 0.4) is 0 Å². The standard InChI is InChI=1S/C17H24BrN3O/c1-17(19,13-2-4-14(18)5-3-13)16(22)20-10-12-8-9-21(11-12)15-6-7-15/h2-5,12,15H,6-11,19H2,1H3,(H,20,22). The van der Waals surface area contributed by atoms with Crippen LogP contribution in [0.25, 0.3) is 0 Å². The lowest BCUT2D eigenvalue weighted by atomic mass is 9.92. The Bertz CT molecular complexity index is 539. The van der Waals surface area contributed by atoms with E-state index in [0.717, 1.165) is 29.2 Å². The lowest BCUT2D eigenvalue weighted by Crippen LogP contribution is -2.50. The SMILES string of the molecule is CC(N)(C(=O)NCC1CCN(C2CC2)C1)c1ccc(Br)cc1. The fraction of sp³-hybridized carbons (Fsp3) is 0.588. The predicted octanol–water partition coefficient (Wildman–Crippen LogP) is 2.22. The maximum atomic E-state index is 12.5. The van der Waals surface area contributed by atoms with Gasteiger partial charge in [-0.25, -0.2) is 0 Å². The number of hydrogen-bond acceptors (Lipinski definition) is 3. The van der Waals surface area contributed by atoms with Crippen LogP contribution in [0.15, 0.2) is 28.7 Å². The highest BCUT2D eigenvalue weighted by atomic mass is 79.9. The van der Waals surface area contributed by atoms with Crippen molar-refractivity contribution in [1.29, 1.82) is 0 Å². The largest absolute Gasteiger partial charge is 0.354 e. The Morgan fingerprint density at radius 3 is 2.68 bits per heavy atom. The predicted molar refractivity (Wildman–Crippen MR) is 91.4 cm³/mol. The molecule has 1 saturated heterocycles. The molecule has 3 rings (SSSR count). The van der Waals surface area contributed by atoms with E-state index in [4.69, 9.17) is 5.73 Å². The molecule has 4 nitrogen and oxygen atoms in total. The molecule has 2 aliphatic rings. The molecule has 22 heavy (non-hydrogen) atoms. The zero-order valence-corrected chi connectivity index (χ0v) is 14.6. The van der Waals surface area contributed by atoms with Crippen LogP contribution in [-0.4, -0.2) is 36.5 Å². The smallest absolute Gasteiger partial charge is 0.244 e. The number of benzene rings is 1. The van der Waals surface area contributed by atoms with E-state index < -0.39 is 5.54 Å². The number of carbonyl (C=O) groups is 1. The topological polar surface area (TPSA) is 58.4 Å². The molecule has 2 atom stereocenters. The highest BCUT2D eigenvalue weighted by Gasteiger charge is 2.35. The third-order valence-corrected chi connectivity index (χ3v) is 5.38. The summed E-state index contributed by atoms with van der Waals surface area (Å²) in [5, 5.41) is 3.06. The summed E-state index contributed by atoms with van der Waals surface area (Å²) in [6.07, 6.45) is 3.88. The van der Waals surface area contributed by atoms with E-state index in [2.05, 4.69) is 26.1 Å². The van der Waals surface area contributed by atoms with E-state index in [1.165, 1.54) is 25.8 Å². The molecule has 3 N–H and O–H groups in total. The van der Waals surface area contributed by atoms with Crippen molar-refractivity contribution >= 4 is 21.8 Å². The first-order chi connectivity index (χ1) is 10.5. The summed E-state index contributed by atoms with van der Waals surface area (Å²) in [6, 6.07) is 8.45. The molecule has 1 aromatic rings. The molecule has 0 bridgehead atoms. The fourth-order valence-corrected chi connectivity index (χ4v) is 3.41. The number of amides is 1. The summed E-state index contributed by atoms with van der Waals surface area (Å²) < 4.78 is 0.985. The van der Waals surface area contributed by atoms with Gasteiger partial charge in [0.15, 0.2) is 0 Å². The van der Waals surface area contributed by atoms with Gasteiger partial charge < -0.3 is 16.0 Å². The summed E-state index contributed by atoms with van der Waals surface area (Å²) in [5.41, 5.74) is 6.11. The first-order valence-corrected chi connectivity index (χ1v) is 8.83. The molecule has 2 unspecified atom stereocenters. The summed E-state index contributed by atoms with van der Waals surface area (Å²) in [6.45, 7) is 4.80. The highest BCUT2D eigenvalue weighted by Crippen LogP contribution is 2.31. The molecular weight excluding hydrogens is 342 g/mol. The van der Waals surface area contributed by atoms with Crippen LogP contribution < -0.4 is 11.1 Å². The second-order valence-electron chi connectivity index (χ2n) is 6.80. The van der Waals surface area contributed by atoms with Crippen LogP contribution in [-0.2, 0) is 10.3 Å².